The summed E-state index contributed by atoms with van der Waals surface area (Å²) in [5.74, 6) is 0.0881. The Morgan fingerprint density at radius 3 is 2.73 bits per heavy atom. The fourth-order valence-corrected chi connectivity index (χ4v) is 1.81. The SMILES string of the molecule is CNC(=O)CNS(=O)(=O)c1cnc(C)[nH]1. The van der Waals surface area contributed by atoms with Crippen LogP contribution in [0.3, 0.4) is 0 Å². The molecule has 0 saturated carbocycles. The highest BCUT2D eigenvalue weighted by atomic mass is 32.2. The summed E-state index contributed by atoms with van der Waals surface area (Å²) < 4.78 is 25.1. The van der Waals surface area contributed by atoms with Gasteiger partial charge >= 0.3 is 0 Å². The lowest BCUT2D eigenvalue weighted by molar-refractivity contribution is -0.119. The zero-order chi connectivity index (χ0) is 11.5. The highest BCUT2D eigenvalue weighted by Crippen LogP contribution is 2.03. The number of amides is 1. The van der Waals surface area contributed by atoms with Crippen molar-refractivity contribution in [3.8, 4) is 0 Å². The van der Waals surface area contributed by atoms with Crippen LogP contribution in [-0.4, -0.2) is 37.9 Å². The summed E-state index contributed by atoms with van der Waals surface area (Å²) in [6.45, 7) is 1.34. The number of carbonyl (C=O) groups is 1. The number of sulfonamides is 1. The van der Waals surface area contributed by atoms with E-state index in [4.69, 9.17) is 0 Å². The van der Waals surface area contributed by atoms with E-state index in [-0.39, 0.29) is 11.6 Å². The van der Waals surface area contributed by atoms with Crippen molar-refractivity contribution in [3.05, 3.63) is 12.0 Å². The van der Waals surface area contributed by atoms with Gasteiger partial charge in [-0.2, -0.15) is 0 Å². The highest BCUT2D eigenvalue weighted by Gasteiger charge is 2.16. The minimum atomic E-state index is -3.67. The summed E-state index contributed by atoms with van der Waals surface area (Å²) in [6, 6.07) is 0. The second-order valence-electron chi connectivity index (χ2n) is 2.83. The first-order chi connectivity index (χ1) is 6.95. The summed E-state index contributed by atoms with van der Waals surface area (Å²) in [7, 11) is -2.25. The number of imidazole rings is 1. The second kappa shape index (κ2) is 4.41. The van der Waals surface area contributed by atoms with Gasteiger partial charge in [0, 0.05) is 7.05 Å². The molecule has 0 atom stereocenters. The maximum atomic E-state index is 11.5. The van der Waals surface area contributed by atoms with E-state index in [9.17, 15) is 13.2 Å². The van der Waals surface area contributed by atoms with Gasteiger partial charge in [-0.25, -0.2) is 18.1 Å². The first-order valence-electron chi connectivity index (χ1n) is 4.17. The summed E-state index contributed by atoms with van der Waals surface area (Å²) in [5, 5.41) is 2.25. The number of aryl methyl sites for hydroxylation is 1. The van der Waals surface area contributed by atoms with Crippen molar-refractivity contribution in [1.29, 1.82) is 0 Å². The largest absolute Gasteiger partial charge is 0.358 e. The molecule has 0 aromatic carbocycles. The average Bonchev–Trinajstić information content (AvgIpc) is 2.62. The summed E-state index contributed by atoms with van der Waals surface area (Å²) in [6.07, 6.45) is 1.20. The van der Waals surface area contributed by atoms with Gasteiger partial charge in [0.25, 0.3) is 10.0 Å². The van der Waals surface area contributed by atoms with Crippen LogP contribution in [-0.2, 0) is 14.8 Å². The topological polar surface area (TPSA) is 104 Å². The van der Waals surface area contributed by atoms with E-state index in [1.807, 2.05) is 0 Å². The molecular formula is C7H12N4O3S. The molecule has 0 radical (unpaired) electrons. The first-order valence-corrected chi connectivity index (χ1v) is 5.66. The van der Waals surface area contributed by atoms with E-state index in [0.29, 0.717) is 5.82 Å². The third-order valence-electron chi connectivity index (χ3n) is 1.67. The van der Waals surface area contributed by atoms with Gasteiger partial charge in [0.1, 0.15) is 5.82 Å². The van der Waals surface area contributed by atoms with E-state index in [1.54, 1.807) is 6.92 Å². The fourth-order valence-electron chi connectivity index (χ4n) is 0.862. The zero-order valence-electron chi connectivity index (χ0n) is 8.36. The Hall–Kier alpha value is -1.41. The van der Waals surface area contributed by atoms with Crippen LogP contribution in [0.15, 0.2) is 11.2 Å². The Morgan fingerprint density at radius 1 is 1.60 bits per heavy atom. The number of aromatic nitrogens is 2. The molecule has 15 heavy (non-hydrogen) atoms. The summed E-state index contributed by atoms with van der Waals surface area (Å²) in [4.78, 5) is 17.2. The Balaban J connectivity index is 2.72. The Kier molecular flexibility index (Phi) is 3.43. The smallest absolute Gasteiger partial charge is 0.258 e. The Bertz CT molecular complexity index is 451. The molecule has 1 rings (SSSR count). The summed E-state index contributed by atoms with van der Waals surface area (Å²) >= 11 is 0. The van der Waals surface area contributed by atoms with Crippen LogP contribution < -0.4 is 10.0 Å². The quantitative estimate of drug-likeness (QED) is 0.603. The molecule has 1 aromatic rings. The monoisotopic (exact) mass is 232 g/mol. The van der Waals surface area contributed by atoms with E-state index in [2.05, 4.69) is 20.0 Å². The number of likely N-dealkylation sites (N-methyl/N-ethyl adjacent to an activating group) is 1. The van der Waals surface area contributed by atoms with Gasteiger partial charge in [-0.15, -0.1) is 0 Å². The standard InChI is InChI=1S/C7H12N4O3S/c1-5-9-4-7(11-5)15(13,14)10-3-6(12)8-2/h4,10H,3H2,1-2H3,(H,8,12)(H,9,11). The lowest BCUT2D eigenvalue weighted by Crippen LogP contribution is -2.35. The molecule has 0 aliphatic carbocycles. The number of hydrogen-bond acceptors (Lipinski definition) is 4. The van der Waals surface area contributed by atoms with Crippen molar-refractivity contribution >= 4 is 15.9 Å². The maximum absolute atomic E-state index is 11.5. The molecule has 0 unspecified atom stereocenters. The maximum Gasteiger partial charge on any atom is 0.258 e. The molecule has 0 bridgehead atoms. The van der Waals surface area contributed by atoms with E-state index in [1.165, 1.54) is 13.2 Å². The third-order valence-corrected chi connectivity index (χ3v) is 2.98. The Morgan fingerprint density at radius 2 is 2.27 bits per heavy atom. The lowest BCUT2D eigenvalue weighted by atomic mass is 10.6. The van der Waals surface area contributed by atoms with Crippen molar-refractivity contribution in [2.45, 2.75) is 11.9 Å². The molecule has 3 N–H and O–H groups in total. The molecule has 1 aromatic heterocycles. The molecule has 1 heterocycles. The van der Waals surface area contributed by atoms with Gasteiger partial charge < -0.3 is 10.3 Å². The molecule has 0 saturated heterocycles. The number of nitrogens with one attached hydrogen (secondary N) is 3. The third kappa shape index (κ3) is 3.03. The minimum Gasteiger partial charge on any atom is -0.358 e. The van der Waals surface area contributed by atoms with Gasteiger partial charge in [0.2, 0.25) is 5.91 Å². The molecule has 84 valence electrons. The molecule has 0 aliphatic heterocycles. The number of rotatable bonds is 4. The van der Waals surface area contributed by atoms with Crippen LogP contribution in [0.1, 0.15) is 5.82 Å². The normalized spacial score (nSPS) is 11.3. The van der Waals surface area contributed by atoms with Crippen molar-refractivity contribution in [2.75, 3.05) is 13.6 Å². The van der Waals surface area contributed by atoms with Crippen molar-refractivity contribution in [2.24, 2.45) is 0 Å². The average molecular weight is 232 g/mol. The van der Waals surface area contributed by atoms with Crippen LogP contribution in [0.25, 0.3) is 0 Å². The van der Waals surface area contributed by atoms with E-state index in [0.717, 1.165) is 0 Å². The highest BCUT2D eigenvalue weighted by molar-refractivity contribution is 7.89. The summed E-state index contributed by atoms with van der Waals surface area (Å²) in [5.41, 5.74) is 0. The minimum absolute atomic E-state index is 0.0519. The van der Waals surface area contributed by atoms with E-state index >= 15 is 0 Å². The number of H-pyrrole nitrogens is 1. The molecule has 8 heteroatoms. The lowest BCUT2D eigenvalue weighted by Gasteiger charge is -2.02. The van der Waals surface area contributed by atoms with Gasteiger partial charge in [-0.1, -0.05) is 0 Å². The molecule has 0 aliphatic rings. The van der Waals surface area contributed by atoms with Crippen LogP contribution in [0.2, 0.25) is 0 Å². The van der Waals surface area contributed by atoms with Gasteiger partial charge in [0.05, 0.1) is 12.7 Å². The molecule has 0 spiro atoms. The van der Waals surface area contributed by atoms with Crippen molar-refractivity contribution in [1.82, 2.24) is 20.0 Å². The number of nitrogens with zero attached hydrogens (tertiary/aromatic N) is 1. The van der Waals surface area contributed by atoms with Crippen LogP contribution in [0.4, 0.5) is 0 Å². The van der Waals surface area contributed by atoms with Crippen molar-refractivity contribution in [3.63, 3.8) is 0 Å². The van der Waals surface area contributed by atoms with Gasteiger partial charge in [-0.05, 0) is 6.92 Å². The van der Waals surface area contributed by atoms with Crippen molar-refractivity contribution < 1.29 is 13.2 Å². The number of aromatic amines is 1. The fraction of sp³-hybridized carbons (Fsp3) is 0.429. The van der Waals surface area contributed by atoms with E-state index < -0.39 is 15.9 Å². The second-order valence-corrected chi connectivity index (χ2v) is 4.57. The first kappa shape index (κ1) is 11.7. The van der Waals surface area contributed by atoms with Gasteiger partial charge in [-0.3, -0.25) is 4.79 Å². The molecule has 1 amide bonds. The Labute approximate surface area is 87.3 Å². The van der Waals surface area contributed by atoms with Crippen LogP contribution in [0, 0.1) is 6.92 Å². The number of carbonyl (C=O) groups excluding carboxylic acids is 1. The van der Waals surface area contributed by atoms with Crippen LogP contribution in [0.5, 0.6) is 0 Å². The zero-order valence-corrected chi connectivity index (χ0v) is 9.18. The van der Waals surface area contributed by atoms with Crippen LogP contribution >= 0.6 is 0 Å². The predicted molar refractivity (Wildman–Crippen MR) is 52.6 cm³/mol. The molecular weight excluding hydrogens is 220 g/mol. The molecule has 0 fully saturated rings. The number of hydrogen-bond donors (Lipinski definition) is 3. The predicted octanol–water partition coefficient (Wildman–Crippen LogP) is -1.26. The van der Waals surface area contributed by atoms with Gasteiger partial charge in [0.15, 0.2) is 5.03 Å². The molecule has 7 nitrogen and oxygen atoms in total.